The molecule has 0 fully saturated rings. The number of hydrogen-bond acceptors (Lipinski definition) is 3. The second-order valence-corrected chi connectivity index (χ2v) is 12.2. The minimum atomic E-state index is -0.279. The summed E-state index contributed by atoms with van der Waals surface area (Å²) in [4.78, 5) is 15.1. The molecule has 0 atom stereocenters. The Labute approximate surface area is 288 Å². The van der Waals surface area contributed by atoms with E-state index in [0.717, 1.165) is 60.9 Å². The molecule has 0 saturated carbocycles. The number of para-hydroxylation sites is 1. The zero-order valence-corrected chi connectivity index (χ0v) is 26.9. The van der Waals surface area contributed by atoms with Crippen LogP contribution in [0.3, 0.4) is 0 Å². The van der Waals surface area contributed by atoms with Gasteiger partial charge in [-0.25, -0.2) is 19.3 Å². The van der Waals surface area contributed by atoms with Crippen LogP contribution in [0.4, 0.5) is 4.39 Å². The molecule has 0 unspecified atom stereocenters. The maximum Gasteiger partial charge on any atom is 0.166 e. The molecule has 9 aromatic rings. The predicted octanol–water partition coefficient (Wildman–Crippen LogP) is 11.4. The van der Waals surface area contributed by atoms with Crippen LogP contribution < -0.4 is 0 Å². The minimum Gasteiger partial charge on any atom is -0.308 e. The van der Waals surface area contributed by atoms with Gasteiger partial charge in [-0.2, -0.15) is 0 Å². The first-order valence-corrected chi connectivity index (χ1v) is 16.6. The number of rotatable bonds is 6. The number of aromatic nitrogens is 4. The van der Waals surface area contributed by atoms with Crippen molar-refractivity contribution in [3.8, 4) is 62.1 Å². The maximum absolute atomic E-state index is 15.3. The van der Waals surface area contributed by atoms with Gasteiger partial charge in [-0.05, 0) is 53.1 Å². The van der Waals surface area contributed by atoms with Crippen molar-refractivity contribution in [1.29, 1.82) is 0 Å². The third-order valence-corrected chi connectivity index (χ3v) is 9.14. The molecule has 236 valence electrons. The van der Waals surface area contributed by atoms with Gasteiger partial charge in [0.25, 0.3) is 0 Å². The van der Waals surface area contributed by atoms with Gasteiger partial charge < -0.3 is 4.57 Å². The number of nitrogens with zero attached hydrogens (tertiary/aromatic N) is 4. The van der Waals surface area contributed by atoms with Crippen LogP contribution in [0.1, 0.15) is 0 Å². The molecule has 9 rings (SSSR count). The standard InChI is InChI=1S/C45H29FN4/c46-39-22-12-10-20-35(39)34-24-26-37(45-48-43(31-16-6-2-7-17-31)47-44(49-45)32-18-8-3-9-19-32)42(29-34)50-40-23-13-11-21-36(40)38-28-33(25-27-41(38)50)30-14-4-1-5-15-30/h1-29H. The Kier molecular flexibility index (Phi) is 7.29. The SMILES string of the molecule is Fc1ccccc1-c1ccc(-c2nc(-c3ccccc3)nc(-c3ccccc3)n2)c(-n2c3ccccc3c3cc(-c4ccccc4)ccc32)c1. The molecule has 0 N–H and O–H groups in total. The summed E-state index contributed by atoms with van der Waals surface area (Å²) in [5.74, 6) is 1.40. The van der Waals surface area contributed by atoms with E-state index in [1.54, 1.807) is 6.07 Å². The van der Waals surface area contributed by atoms with E-state index in [1.807, 2.05) is 91.0 Å². The van der Waals surface area contributed by atoms with Crippen molar-refractivity contribution < 1.29 is 4.39 Å². The van der Waals surface area contributed by atoms with Crippen molar-refractivity contribution in [3.05, 3.63) is 182 Å². The van der Waals surface area contributed by atoms with Gasteiger partial charge in [-0.15, -0.1) is 0 Å². The molecule has 0 radical (unpaired) electrons. The van der Waals surface area contributed by atoms with Gasteiger partial charge in [-0.3, -0.25) is 0 Å². The summed E-state index contributed by atoms with van der Waals surface area (Å²) in [6.07, 6.45) is 0. The van der Waals surface area contributed by atoms with Gasteiger partial charge in [0.1, 0.15) is 5.82 Å². The van der Waals surface area contributed by atoms with Crippen LogP contribution in [0.15, 0.2) is 176 Å². The fraction of sp³-hybridized carbons (Fsp3) is 0. The lowest BCUT2D eigenvalue weighted by atomic mass is 10.0. The van der Waals surface area contributed by atoms with E-state index >= 15 is 4.39 Å². The lowest BCUT2D eigenvalue weighted by Gasteiger charge is -2.16. The molecule has 7 aromatic carbocycles. The van der Waals surface area contributed by atoms with Crippen molar-refractivity contribution >= 4 is 21.8 Å². The van der Waals surface area contributed by atoms with E-state index < -0.39 is 0 Å². The molecular formula is C45H29FN4. The third-order valence-electron chi connectivity index (χ3n) is 9.14. The molecule has 0 spiro atoms. The number of benzene rings is 7. The average Bonchev–Trinajstić information content (AvgIpc) is 3.52. The summed E-state index contributed by atoms with van der Waals surface area (Å²) < 4.78 is 17.6. The zero-order valence-electron chi connectivity index (χ0n) is 26.9. The molecule has 2 aromatic heterocycles. The number of halogens is 1. The predicted molar refractivity (Wildman–Crippen MR) is 201 cm³/mol. The minimum absolute atomic E-state index is 0.279. The molecular weight excluding hydrogens is 616 g/mol. The Morgan fingerprint density at radius 1 is 0.360 bits per heavy atom. The van der Waals surface area contributed by atoms with E-state index in [1.165, 1.54) is 6.07 Å². The summed E-state index contributed by atoms with van der Waals surface area (Å²) in [5.41, 5.74) is 9.06. The van der Waals surface area contributed by atoms with Gasteiger partial charge >= 0.3 is 0 Å². The molecule has 0 aliphatic rings. The average molecular weight is 645 g/mol. The fourth-order valence-electron chi connectivity index (χ4n) is 6.74. The Bertz CT molecular complexity index is 2590. The molecule has 0 aliphatic carbocycles. The first-order chi connectivity index (χ1) is 24.7. The molecule has 4 nitrogen and oxygen atoms in total. The van der Waals surface area contributed by atoms with E-state index in [4.69, 9.17) is 15.0 Å². The van der Waals surface area contributed by atoms with Gasteiger partial charge in [0.05, 0.1) is 16.7 Å². The maximum atomic E-state index is 15.3. The van der Waals surface area contributed by atoms with E-state index in [-0.39, 0.29) is 5.82 Å². The van der Waals surface area contributed by atoms with Crippen LogP contribution in [0.5, 0.6) is 0 Å². The third kappa shape index (κ3) is 5.22. The largest absolute Gasteiger partial charge is 0.308 e. The van der Waals surface area contributed by atoms with Crippen LogP contribution in [0.25, 0.3) is 83.9 Å². The lowest BCUT2D eigenvalue weighted by molar-refractivity contribution is 0.631. The molecule has 0 saturated heterocycles. The monoisotopic (exact) mass is 644 g/mol. The van der Waals surface area contributed by atoms with Crippen LogP contribution >= 0.6 is 0 Å². The fourth-order valence-corrected chi connectivity index (χ4v) is 6.74. The van der Waals surface area contributed by atoms with E-state index in [2.05, 4.69) is 77.4 Å². The highest BCUT2D eigenvalue weighted by Gasteiger charge is 2.21. The van der Waals surface area contributed by atoms with Gasteiger partial charge in [0, 0.05) is 33.0 Å². The Morgan fingerprint density at radius 3 is 1.58 bits per heavy atom. The molecule has 2 heterocycles. The first kappa shape index (κ1) is 29.4. The van der Waals surface area contributed by atoms with Crippen LogP contribution in [-0.4, -0.2) is 19.5 Å². The summed E-state index contributed by atoms with van der Waals surface area (Å²) in [5, 5.41) is 2.24. The molecule has 50 heavy (non-hydrogen) atoms. The van der Waals surface area contributed by atoms with E-state index in [0.29, 0.717) is 23.0 Å². The summed E-state index contributed by atoms with van der Waals surface area (Å²) in [6.45, 7) is 0. The second kappa shape index (κ2) is 12.4. The highest BCUT2D eigenvalue weighted by atomic mass is 19.1. The van der Waals surface area contributed by atoms with E-state index in [9.17, 15) is 0 Å². The van der Waals surface area contributed by atoms with Crippen molar-refractivity contribution in [3.63, 3.8) is 0 Å². The second-order valence-electron chi connectivity index (χ2n) is 12.2. The van der Waals surface area contributed by atoms with Crippen LogP contribution in [0, 0.1) is 5.82 Å². The van der Waals surface area contributed by atoms with Crippen molar-refractivity contribution in [1.82, 2.24) is 19.5 Å². The van der Waals surface area contributed by atoms with Crippen molar-refractivity contribution in [2.45, 2.75) is 0 Å². The normalized spacial score (nSPS) is 11.3. The number of hydrogen-bond donors (Lipinski definition) is 0. The Morgan fingerprint density at radius 2 is 0.900 bits per heavy atom. The summed E-state index contributed by atoms with van der Waals surface area (Å²) in [7, 11) is 0. The molecule has 0 bridgehead atoms. The zero-order chi connectivity index (χ0) is 33.4. The quantitative estimate of drug-likeness (QED) is 0.181. The molecule has 5 heteroatoms. The summed E-state index contributed by atoms with van der Waals surface area (Å²) in [6, 6.07) is 58.3. The van der Waals surface area contributed by atoms with Gasteiger partial charge in [0.15, 0.2) is 17.5 Å². The van der Waals surface area contributed by atoms with Crippen LogP contribution in [-0.2, 0) is 0 Å². The van der Waals surface area contributed by atoms with Crippen molar-refractivity contribution in [2.24, 2.45) is 0 Å². The first-order valence-electron chi connectivity index (χ1n) is 16.6. The highest BCUT2D eigenvalue weighted by molar-refractivity contribution is 6.11. The lowest BCUT2D eigenvalue weighted by Crippen LogP contribution is -2.04. The van der Waals surface area contributed by atoms with Gasteiger partial charge in [0.2, 0.25) is 0 Å². The molecule has 0 amide bonds. The van der Waals surface area contributed by atoms with Crippen LogP contribution in [0.2, 0.25) is 0 Å². The van der Waals surface area contributed by atoms with Gasteiger partial charge in [-0.1, -0.05) is 140 Å². The Hall–Kier alpha value is -6.72. The number of fused-ring (bicyclic) bond motifs is 3. The smallest absolute Gasteiger partial charge is 0.166 e. The molecule has 0 aliphatic heterocycles. The highest BCUT2D eigenvalue weighted by Crippen LogP contribution is 2.39. The topological polar surface area (TPSA) is 43.6 Å². The summed E-state index contributed by atoms with van der Waals surface area (Å²) >= 11 is 0. The van der Waals surface area contributed by atoms with Crippen molar-refractivity contribution in [2.75, 3.05) is 0 Å². The Balaban J connectivity index is 1.35.